The van der Waals surface area contributed by atoms with E-state index in [0.717, 1.165) is 24.7 Å². The molecule has 88 valence electrons. The fraction of sp³-hybridized carbons (Fsp3) is 0.538. The van der Waals surface area contributed by atoms with Crippen molar-refractivity contribution in [2.45, 2.75) is 25.8 Å². The molecule has 1 unspecified atom stereocenters. The summed E-state index contributed by atoms with van der Waals surface area (Å²) in [7, 11) is 0. The van der Waals surface area contributed by atoms with Crippen LogP contribution < -0.4 is 10.2 Å². The van der Waals surface area contributed by atoms with Gasteiger partial charge in [0.25, 0.3) is 0 Å². The molecule has 0 bridgehead atoms. The number of benzene rings is 1. The average molecular weight is 239 g/mol. The lowest BCUT2D eigenvalue weighted by Gasteiger charge is -2.26. The molecule has 0 saturated carbocycles. The van der Waals surface area contributed by atoms with Crippen molar-refractivity contribution in [3.63, 3.8) is 0 Å². The van der Waals surface area contributed by atoms with E-state index in [1.165, 1.54) is 18.5 Å². The van der Waals surface area contributed by atoms with Crippen LogP contribution in [-0.2, 0) is 0 Å². The average Bonchev–Trinajstić information content (AvgIpc) is 2.54. The third-order valence-electron chi connectivity index (χ3n) is 3.14. The van der Waals surface area contributed by atoms with Gasteiger partial charge in [0.2, 0.25) is 0 Å². The Balaban J connectivity index is 2.12. The molecule has 1 heterocycles. The van der Waals surface area contributed by atoms with Crippen molar-refractivity contribution < 1.29 is 0 Å². The smallest absolute Gasteiger partial charge is 0.0426 e. The number of nitrogens with zero attached hydrogens (tertiary/aromatic N) is 1. The van der Waals surface area contributed by atoms with Crippen LogP contribution in [0.4, 0.5) is 5.69 Å². The zero-order valence-electron chi connectivity index (χ0n) is 9.75. The van der Waals surface area contributed by atoms with Gasteiger partial charge in [0.1, 0.15) is 0 Å². The van der Waals surface area contributed by atoms with Crippen molar-refractivity contribution in [2.24, 2.45) is 0 Å². The number of anilines is 1. The van der Waals surface area contributed by atoms with Crippen molar-refractivity contribution in [2.75, 3.05) is 24.5 Å². The van der Waals surface area contributed by atoms with Crippen LogP contribution in [0.25, 0.3) is 0 Å². The first-order valence-corrected chi connectivity index (χ1v) is 6.41. The minimum Gasteiger partial charge on any atom is -0.370 e. The molecule has 1 aliphatic rings. The van der Waals surface area contributed by atoms with Gasteiger partial charge in [0, 0.05) is 29.8 Å². The second-order valence-corrected chi connectivity index (χ2v) is 4.78. The van der Waals surface area contributed by atoms with Crippen molar-refractivity contribution in [3.05, 3.63) is 29.3 Å². The molecule has 0 aromatic heterocycles. The monoisotopic (exact) mass is 238 g/mol. The molecule has 1 saturated heterocycles. The van der Waals surface area contributed by atoms with Crippen LogP contribution in [0.3, 0.4) is 0 Å². The fourth-order valence-corrected chi connectivity index (χ4v) is 2.36. The second kappa shape index (κ2) is 5.55. The number of nitrogens with one attached hydrogen (secondary N) is 1. The van der Waals surface area contributed by atoms with Crippen molar-refractivity contribution in [1.29, 1.82) is 0 Å². The standard InChI is InChI=1S/C13H19ClN2/c1-2-12-10-16(8-4-7-15-12)13-6-3-5-11(14)9-13/h3,5-6,9,12,15H,2,4,7-8,10H2,1H3. The summed E-state index contributed by atoms with van der Waals surface area (Å²) >= 11 is 6.03. The molecule has 0 radical (unpaired) electrons. The summed E-state index contributed by atoms with van der Waals surface area (Å²) in [5.74, 6) is 0. The van der Waals surface area contributed by atoms with Gasteiger partial charge in [-0.2, -0.15) is 0 Å². The Kier molecular flexibility index (Phi) is 4.08. The minimum absolute atomic E-state index is 0.599. The Morgan fingerprint density at radius 2 is 2.38 bits per heavy atom. The number of hydrogen-bond acceptors (Lipinski definition) is 2. The maximum Gasteiger partial charge on any atom is 0.0426 e. The van der Waals surface area contributed by atoms with E-state index in [2.05, 4.69) is 29.3 Å². The molecule has 1 aromatic rings. The highest BCUT2D eigenvalue weighted by molar-refractivity contribution is 6.30. The lowest BCUT2D eigenvalue weighted by Crippen LogP contribution is -2.37. The Hall–Kier alpha value is -0.730. The van der Waals surface area contributed by atoms with E-state index >= 15 is 0 Å². The molecule has 16 heavy (non-hydrogen) atoms. The molecular formula is C13H19ClN2. The largest absolute Gasteiger partial charge is 0.370 e. The maximum atomic E-state index is 6.03. The van der Waals surface area contributed by atoms with Gasteiger partial charge in [-0.15, -0.1) is 0 Å². The summed E-state index contributed by atoms with van der Waals surface area (Å²) in [6.45, 7) is 5.55. The molecule has 1 N–H and O–H groups in total. The molecule has 1 atom stereocenters. The Labute approximate surface area is 103 Å². The van der Waals surface area contributed by atoms with Crippen molar-refractivity contribution in [1.82, 2.24) is 5.32 Å². The maximum absolute atomic E-state index is 6.03. The number of halogens is 1. The highest BCUT2D eigenvalue weighted by atomic mass is 35.5. The van der Waals surface area contributed by atoms with Gasteiger partial charge < -0.3 is 10.2 Å². The molecular weight excluding hydrogens is 220 g/mol. The van der Waals surface area contributed by atoms with Crippen LogP contribution in [0.2, 0.25) is 5.02 Å². The number of hydrogen-bond donors (Lipinski definition) is 1. The van der Waals surface area contributed by atoms with Gasteiger partial charge in [-0.25, -0.2) is 0 Å². The van der Waals surface area contributed by atoms with Gasteiger partial charge in [0.05, 0.1) is 0 Å². The van der Waals surface area contributed by atoms with Gasteiger partial charge in [-0.3, -0.25) is 0 Å². The van der Waals surface area contributed by atoms with E-state index in [0.29, 0.717) is 6.04 Å². The first-order valence-electron chi connectivity index (χ1n) is 6.03. The van der Waals surface area contributed by atoms with Gasteiger partial charge >= 0.3 is 0 Å². The summed E-state index contributed by atoms with van der Waals surface area (Å²) in [5, 5.41) is 4.39. The fourth-order valence-electron chi connectivity index (χ4n) is 2.18. The summed E-state index contributed by atoms with van der Waals surface area (Å²) in [6, 6.07) is 8.75. The van der Waals surface area contributed by atoms with Crippen molar-refractivity contribution >= 4 is 17.3 Å². The van der Waals surface area contributed by atoms with Crippen LogP contribution >= 0.6 is 11.6 Å². The van der Waals surface area contributed by atoms with Crippen LogP contribution in [-0.4, -0.2) is 25.7 Å². The second-order valence-electron chi connectivity index (χ2n) is 4.34. The van der Waals surface area contributed by atoms with E-state index in [1.54, 1.807) is 0 Å². The first kappa shape index (κ1) is 11.7. The first-order chi connectivity index (χ1) is 7.79. The SMILES string of the molecule is CCC1CN(c2cccc(Cl)c2)CCCN1. The molecule has 0 spiro atoms. The lowest BCUT2D eigenvalue weighted by atomic mass is 10.2. The Morgan fingerprint density at radius 1 is 1.50 bits per heavy atom. The third-order valence-corrected chi connectivity index (χ3v) is 3.38. The molecule has 3 heteroatoms. The highest BCUT2D eigenvalue weighted by Crippen LogP contribution is 2.21. The van der Waals surface area contributed by atoms with Crippen LogP contribution in [0.15, 0.2) is 24.3 Å². The molecule has 2 rings (SSSR count). The predicted octanol–water partition coefficient (Wildman–Crippen LogP) is 2.92. The molecule has 2 nitrogen and oxygen atoms in total. The molecule has 1 aliphatic heterocycles. The molecule has 1 fully saturated rings. The van der Waals surface area contributed by atoms with E-state index in [1.807, 2.05) is 12.1 Å². The van der Waals surface area contributed by atoms with E-state index < -0.39 is 0 Å². The van der Waals surface area contributed by atoms with Crippen molar-refractivity contribution in [3.8, 4) is 0 Å². The van der Waals surface area contributed by atoms with E-state index in [-0.39, 0.29) is 0 Å². The minimum atomic E-state index is 0.599. The predicted molar refractivity (Wildman–Crippen MR) is 70.4 cm³/mol. The molecule has 1 aromatic carbocycles. The topological polar surface area (TPSA) is 15.3 Å². The molecule has 0 amide bonds. The Bertz CT molecular complexity index is 340. The third kappa shape index (κ3) is 2.89. The lowest BCUT2D eigenvalue weighted by molar-refractivity contribution is 0.528. The van der Waals surface area contributed by atoms with Gasteiger partial charge in [-0.05, 0) is 37.6 Å². The Morgan fingerprint density at radius 3 is 3.12 bits per heavy atom. The van der Waals surface area contributed by atoms with E-state index in [4.69, 9.17) is 11.6 Å². The summed E-state index contributed by atoms with van der Waals surface area (Å²) < 4.78 is 0. The van der Waals surface area contributed by atoms with Gasteiger partial charge in [0.15, 0.2) is 0 Å². The quantitative estimate of drug-likeness (QED) is 0.853. The summed E-state index contributed by atoms with van der Waals surface area (Å²) in [4.78, 5) is 2.43. The van der Waals surface area contributed by atoms with Crippen LogP contribution in [0.1, 0.15) is 19.8 Å². The van der Waals surface area contributed by atoms with Crippen LogP contribution in [0, 0.1) is 0 Å². The summed E-state index contributed by atoms with van der Waals surface area (Å²) in [6.07, 6.45) is 2.38. The normalized spacial score (nSPS) is 21.9. The zero-order valence-corrected chi connectivity index (χ0v) is 10.5. The molecule has 0 aliphatic carbocycles. The van der Waals surface area contributed by atoms with Gasteiger partial charge in [-0.1, -0.05) is 24.6 Å². The number of rotatable bonds is 2. The van der Waals surface area contributed by atoms with E-state index in [9.17, 15) is 0 Å². The zero-order chi connectivity index (χ0) is 11.4. The van der Waals surface area contributed by atoms with Crippen LogP contribution in [0.5, 0.6) is 0 Å². The summed E-state index contributed by atoms with van der Waals surface area (Å²) in [5.41, 5.74) is 1.25. The highest BCUT2D eigenvalue weighted by Gasteiger charge is 2.16.